The Balaban J connectivity index is 1.40. The quantitative estimate of drug-likeness (QED) is 0.325. The molecule has 0 atom stereocenters. The normalized spacial score (nSPS) is 10.9. The van der Waals surface area contributed by atoms with Crippen molar-refractivity contribution in [3.8, 4) is 17.1 Å². The van der Waals surface area contributed by atoms with E-state index in [0.717, 1.165) is 16.9 Å². The number of carbonyl (C=O) groups excluding carboxylic acids is 1. The van der Waals surface area contributed by atoms with Crippen molar-refractivity contribution in [1.29, 1.82) is 0 Å². The van der Waals surface area contributed by atoms with Gasteiger partial charge in [-0.05, 0) is 54.8 Å². The van der Waals surface area contributed by atoms with E-state index in [1.54, 1.807) is 35.1 Å². The lowest BCUT2D eigenvalue weighted by Gasteiger charge is -2.09. The molecule has 0 aliphatic rings. The molecule has 4 heterocycles. The van der Waals surface area contributed by atoms with Gasteiger partial charge in [-0.1, -0.05) is 6.07 Å². The molecule has 0 saturated heterocycles. The van der Waals surface area contributed by atoms with E-state index in [-0.39, 0.29) is 5.97 Å². The molecule has 4 aromatic heterocycles. The SMILES string of the molecule is Cc1cc(Nc2ccc(OC(=O)c3cccs3)cc2)n2nc(-c3cccnc3)nc2n1. The van der Waals surface area contributed by atoms with Gasteiger partial charge < -0.3 is 10.1 Å². The van der Waals surface area contributed by atoms with Crippen LogP contribution in [0.15, 0.2) is 72.4 Å². The lowest BCUT2D eigenvalue weighted by atomic mass is 10.3. The number of hydrogen-bond donors (Lipinski definition) is 1. The lowest BCUT2D eigenvalue weighted by molar-refractivity contribution is 0.0740. The number of benzene rings is 1. The summed E-state index contributed by atoms with van der Waals surface area (Å²) < 4.78 is 7.06. The Morgan fingerprint density at radius 2 is 1.97 bits per heavy atom. The molecule has 9 heteroatoms. The number of aryl methyl sites for hydroxylation is 1. The monoisotopic (exact) mass is 428 g/mol. The van der Waals surface area contributed by atoms with Gasteiger partial charge in [0.1, 0.15) is 16.4 Å². The van der Waals surface area contributed by atoms with Crippen LogP contribution in [0.5, 0.6) is 5.75 Å². The number of esters is 1. The van der Waals surface area contributed by atoms with Crippen LogP contribution in [0.2, 0.25) is 0 Å². The van der Waals surface area contributed by atoms with Crippen LogP contribution in [0, 0.1) is 6.92 Å². The van der Waals surface area contributed by atoms with Gasteiger partial charge >= 0.3 is 5.97 Å². The van der Waals surface area contributed by atoms with E-state index < -0.39 is 0 Å². The Morgan fingerprint density at radius 1 is 1.10 bits per heavy atom. The number of hydrogen-bond acceptors (Lipinski definition) is 8. The fourth-order valence-corrected chi connectivity index (χ4v) is 3.60. The van der Waals surface area contributed by atoms with Gasteiger partial charge in [-0.15, -0.1) is 16.4 Å². The highest BCUT2D eigenvalue weighted by atomic mass is 32.1. The summed E-state index contributed by atoms with van der Waals surface area (Å²) in [6, 6.07) is 16.3. The molecule has 0 aliphatic heterocycles. The largest absolute Gasteiger partial charge is 0.422 e. The zero-order valence-corrected chi connectivity index (χ0v) is 17.2. The fraction of sp³-hybridized carbons (Fsp3) is 0.0455. The van der Waals surface area contributed by atoms with Crippen molar-refractivity contribution >= 4 is 34.6 Å². The average Bonchev–Trinajstić information content (AvgIpc) is 3.46. The van der Waals surface area contributed by atoms with Gasteiger partial charge in [-0.2, -0.15) is 9.50 Å². The van der Waals surface area contributed by atoms with Crippen LogP contribution in [0.25, 0.3) is 17.2 Å². The van der Waals surface area contributed by atoms with Crippen molar-refractivity contribution in [2.45, 2.75) is 6.92 Å². The summed E-state index contributed by atoms with van der Waals surface area (Å²) >= 11 is 1.35. The predicted octanol–water partition coefficient (Wildman–Crippen LogP) is 4.52. The third-order valence-corrected chi connectivity index (χ3v) is 5.27. The molecule has 0 unspecified atom stereocenters. The van der Waals surface area contributed by atoms with Crippen LogP contribution in [-0.4, -0.2) is 30.5 Å². The van der Waals surface area contributed by atoms with Gasteiger partial charge in [0.2, 0.25) is 0 Å². The number of ether oxygens (including phenoxy) is 1. The minimum atomic E-state index is -0.368. The molecule has 0 amide bonds. The Bertz CT molecular complexity index is 1350. The summed E-state index contributed by atoms with van der Waals surface area (Å²) in [5.74, 6) is 1.86. The molecule has 0 spiro atoms. The van der Waals surface area contributed by atoms with Crippen LogP contribution >= 0.6 is 11.3 Å². The van der Waals surface area contributed by atoms with Gasteiger partial charge in [0, 0.05) is 35.4 Å². The Morgan fingerprint density at radius 3 is 2.71 bits per heavy atom. The molecule has 5 aromatic rings. The van der Waals surface area contributed by atoms with Gasteiger partial charge in [-0.25, -0.2) is 9.78 Å². The Hall–Kier alpha value is -4.11. The number of aromatic nitrogens is 5. The van der Waals surface area contributed by atoms with Crippen LogP contribution in [-0.2, 0) is 0 Å². The number of rotatable bonds is 5. The number of anilines is 2. The van der Waals surface area contributed by atoms with Gasteiger partial charge in [0.15, 0.2) is 5.82 Å². The maximum absolute atomic E-state index is 12.1. The maximum Gasteiger partial charge on any atom is 0.353 e. The first-order valence-electron chi connectivity index (χ1n) is 9.43. The van der Waals surface area contributed by atoms with Crippen molar-refractivity contribution < 1.29 is 9.53 Å². The summed E-state index contributed by atoms with van der Waals surface area (Å²) in [6.07, 6.45) is 3.42. The van der Waals surface area contributed by atoms with Crippen LogP contribution in [0.1, 0.15) is 15.4 Å². The summed E-state index contributed by atoms with van der Waals surface area (Å²) in [7, 11) is 0. The first-order valence-corrected chi connectivity index (χ1v) is 10.3. The van der Waals surface area contributed by atoms with Crippen molar-refractivity contribution in [2.75, 3.05) is 5.32 Å². The molecule has 0 bridgehead atoms. The van der Waals surface area contributed by atoms with E-state index in [1.807, 2.05) is 48.7 Å². The molecule has 1 aromatic carbocycles. The topological polar surface area (TPSA) is 94.3 Å². The number of nitrogens with zero attached hydrogens (tertiary/aromatic N) is 5. The zero-order valence-electron chi connectivity index (χ0n) is 16.4. The van der Waals surface area contributed by atoms with Crippen molar-refractivity contribution in [1.82, 2.24) is 24.6 Å². The maximum atomic E-state index is 12.1. The Kier molecular flexibility index (Phi) is 4.85. The molecule has 152 valence electrons. The number of carbonyl (C=O) groups is 1. The molecular weight excluding hydrogens is 412 g/mol. The van der Waals surface area contributed by atoms with Crippen LogP contribution in [0.4, 0.5) is 11.5 Å². The third-order valence-electron chi connectivity index (χ3n) is 4.42. The summed E-state index contributed by atoms with van der Waals surface area (Å²) in [6.45, 7) is 1.90. The lowest BCUT2D eigenvalue weighted by Crippen LogP contribution is -2.06. The number of thiophene rings is 1. The molecule has 0 fully saturated rings. The minimum Gasteiger partial charge on any atom is -0.422 e. The molecule has 0 radical (unpaired) electrons. The van der Waals surface area contributed by atoms with E-state index >= 15 is 0 Å². The summed E-state index contributed by atoms with van der Waals surface area (Å²) in [5, 5.41) is 9.74. The highest BCUT2D eigenvalue weighted by Crippen LogP contribution is 2.23. The highest BCUT2D eigenvalue weighted by molar-refractivity contribution is 7.12. The van der Waals surface area contributed by atoms with Crippen molar-refractivity contribution in [3.63, 3.8) is 0 Å². The molecular formula is C22H16N6O2S. The number of pyridine rings is 1. The molecule has 31 heavy (non-hydrogen) atoms. The van der Waals surface area contributed by atoms with Gasteiger partial charge in [-0.3, -0.25) is 4.98 Å². The second-order valence-electron chi connectivity index (χ2n) is 6.69. The van der Waals surface area contributed by atoms with Crippen molar-refractivity contribution in [3.05, 3.63) is 82.9 Å². The molecule has 0 saturated carbocycles. The van der Waals surface area contributed by atoms with Crippen LogP contribution in [0.3, 0.4) is 0 Å². The standard InChI is InChI=1S/C22H16N6O2S/c1-14-12-19(28-22(24-14)26-20(27-28)15-4-2-10-23-13-15)25-16-6-8-17(9-7-16)30-21(29)18-5-3-11-31-18/h2-13,25H,1H3. The predicted molar refractivity (Wildman–Crippen MR) is 118 cm³/mol. The highest BCUT2D eigenvalue weighted by Gasteiger charge is 2.13. The first kappa shape index (κ1) is 18.9. The second kappa shape index (κ2) is 7.96. The van der Waals surface area contributed by atoms with Gasteiger partial charge in [0.25, 0.3) is 5.78 Å². The second-order valence-corrected chi connectivity index (χ2v) is 7.64. The van der Waals surface area contributed by atoms with E-state index in [9.17, 15) is 4.79 Å². The van der Waals surface area contributed by atoms with Crippen molar-refractivity contribution in [2.24, 2.45) is 0 Å². The zero-order chi connectivity index (χ0) is 21.2. The average molecular weight is 428 g/mol. The number of fused-ring (bicyclic) bond motifs is 1. The van der Waals surface area contributed by atoms with Gasteiger partial charge in [0.05, 0.1) is 0 Å². The van der Waals surface area contributed by atoms with E-state index in [0.29, 0.717) is 28.0 Å². The molecule has 1 N–H and O–H groups in total. The smallest absolute Gasteiger partial charge is 0.353 e. The third kappa shape index (κ3) is 3.99. The Labute approximate surface area is 181 Å². The first-order chi connectivity index (χ1) is 15.2. The molecule has 0 aliphatic carbocycles. The number of nitrogens with one attached hydrogen (secondary N) is 1. The minimum absolute atomic E-state index is 0.368. The van der Waals surface area contributed by atoms with E-state index in [1.165, 1.54) is 11.3 Å². The van der Waals surface area contributed by atoms with E-state index in [4.69, 9.17) is 4.74 Å². The summed E-state index contributed by atoms with van der Waals surface area (Å²) in [4.78, 5) is 25.8. The van der Waals surface area contributed by atoms with Crippen LogP contribution < -0.4 is 10.1 Å². The summed E-state index contributed by atoms with van der Waals surface area (Å²) in [5.41, 5.74) is 2.43. The fourth-order valence-electron chi connectivity index (χ4n) is 3.00. The molecule has 5 rings (SSSR count). The molecule has 8 nitrogen and oxygen atoms in total. The van der Waals surface area contributed by atoms with E-state index in [2.05, 4.69) is 25.4 Å².